The van der Waals surface area contributed by atoms with E-state index in [1.54, 1.807) is 29.4 Å². The van der Waals surface area contributed by atoms with E-state index >= 15 is 0 Å². The number of piperidine rings is 1. The number of hydrogen-bond acceptors (Lipinski definition) is 5. The lowest BCUT2D eigenvalue weighted by Gasteiger charge is -2.32. The Balaban J connectivity index is 1.29. The van der Waals surface area contributed by atoms with E-state index in [2.05, 4.69) is 15.3 Å². The molecule has 3 heterocycles. The minimum Gasteiger partial charge on any atom is -0.349 e. The summed E-state index contributed by atoms with van der Waals surface area (Å²) < 4.78 is 13.1. The van der Waals surface area contributed by atoms with Gasteiger partial charge in [0, 0.05) is 36.4 Å². The van der Waals surface area contributed by atoms with Crippen molar-refractivity contribution in [2.24, 2.45) is 5.92 Å². The van der Waals surface area contributed by atoms with E-state index in [1.807, 2.05) is 17.5 Å². The molecule has 1 aliphatic heterocycles. The van der Waals surface area contributed by atoms with Crippen molar-refractivity contribution in [3.63, 3.8) is 0 Å². The van der Waals surface area contributed by atoms with Crippen LogP contribution in [0.15, 0.2) is 54.2 Å². The molecule has 2 amide bonds. The first-order valence-electron chi connectivity index (χ1n) is 10.2. The van der Waals surface area contributed by atoms with Gasteiger partial charge >= 0.3 is 0 Å². The highest BCUT2D eigenvalue weighted by molar-refractivity contribution is 7.09. The molecule has 1 atom stereocenters. The van der Waals surface area contributed by atoms with E-state index in [9.17, 15) is 14.0 Å². The van der Waals surface area contributed by atoms with Crippen LogP contribution in [0.1, 0.15) is 23.4 Å². The molecule has 0 spiro atoms. The van der Waals surface area contributed by atoms with Gasteiger partial charge in [-0.3, -0.25) is 14.6 Å². The van der Waals surface area contributed by atoms with Gasteiger partial charge in [-0.25, -0.2) is 9.37 Å². The van der Waals surface area contributed by atoms with Crippen LogP contribution in [0.4, 0.5) is 4.39 Å². The first-order valence-corrected chi connectivity index (χ1v) is 11.1. The van der Waals surface area contributed by atoms with Crippen molar-refractivity contribution in [2.45, 2.75) is 25.8 Å². The van der Waals surface area contributed by atoms with Crippen molar-refractivity contribution in [1.29, 1.82) is 0 Å². The van der Waals surface area contributed by atoms with E-state index in [0.29, 0.717) is 19.6 Å². The highest BCUT2D eigenvalue weighted by atomic mass is 32.1. The summed E-state index contributed by atoms with van der Waals surface area (Å²) in [7, 11) is 0. The Morgan fingerprint density at radius 1 is 1.16 bits per heavy atom. The second-order valence-electron chi connectivity index (χ2n) is 7.56. The summed E-state index contributed by atoms with van der Waals surface area (Å²) in [5, 5.41) is 5.76. The first kappa shape index (κ1) is 21.1. The molecule has 0 radical (unpaired) electrons. The van der Waals surface area contributed by atoms with Gasteiger partial charge in [0.25, 0.3) is 0 Å². The molecule has 8 heteroatoms. The van der Waals surface area contributed by atoms with Crippen molar-refractivity contribution in [3.05, 3.63) is 70.6 Å². The van der Waals surface area contributed by atoms with E-state index < -0.39 is 0 Å². The molecule has 0 saturated carbocycles. The molecule has 2 aromatic heterocycles. The number of aromatic nitrogens is 2. The summed E-state index contributed by atoms with van der Waals surface area (Å²) in [4.78, 5) is 35.6. The predicted octanol–water partition coefficient (Wildman–Crippen LogP) is 3.44. The van der Waals surface area contributed by atoms with Crippen molar-refractivity contribution in [2.75, 3.05) is 13.1 Å². The Labute approximate surface area is 184 Å². The number of carbonyl (C=O) groups excluding carboxylic acids is 2. The van der Waals surface area contributed by atoms with Crippen LogP contribution in [0, 0.1) is 11.7 Å². The van der Waals surface area contributed by atoms with E-state index in [4.69, 9.17) is 0 Å². The summed E-state index contributed by atoms with van der Waals surface area (Å²) in [5.74, 6) is -0.643. The zero-order valence-electron chi connectivity index (χ0n) is 17.0. The van der Waals surface area contributed by atoms with Gasteiger partial charge in [0.1, 0.15) is 10.8 Å². The number of hydrogen-bond donors (Lipinski definition) is 1. The van der Waals surface area contributed by atoms with Crippen LogP contribution in [0.2, 0.25) is 0 Å². The number of nitrogens with zero attached hydrogens (tertiary/aromatic N) is 3. The Bertz CT molecular complexity index is 1040. The lowest BCUT2D eigenvalue weighted by Crippen LogP contribution is -2.45. The quantitative estimate of drug-likeness (QED) is 0.640. The molecule has 1 aromatic carbocycles. The lowest BCUT2D eigenvalue weighted by atomic mass is 9.96. The van der Waals surface area contributed by atoms with Crippen molar-refractivity contribution in [3.8, 4) is 11.3 Å². The molecule has 1 unspecified atom stereocenters. The van der Waals surface area contributed by atoms with Crippen molar-refractivity contribution >= 4 is 23.2 Å². The third-order valence-electron chi connectivity index (χ3n) is 5.36. The third-order valence-corrected chi connectivity index (χ3v) is 6.20. The van der Waals surface area contributed by atoms with Crippen LogP contribution < -0.4 is 5.32 Å². The fraction of sp³-hybridized carbons (Fsp3) is 0.304. The smallest absolute Gasteiger partial charge is 0.227 e. The Morgan fingerprint density at radius 2 is 1.94 bits per heavy atom. The number of halogens is 1. The standard InChI is InChI=1S/C23H23FN4O2S/c24-19-5-3-16(4-6-19)12-22(29)28-11-1-2-18(14-28)23(30)26-13-21-27-20(15-31-21)17-7-9-25-10-8-17/h3-10,15,18H,1-2,11-14H2,(H,26,30). The SMILES string of the molecule is O=C(NCc1nc(-c2ccncc2)cs1)C1CCCN(C(=O)Cc2ccc(F)cc2)C1. The van der Waals surface area contributed by atoms with Crippen LogP contribution in [0.25, 0.3) is 11.3 Å². The van der Waals surface area contributed by atoms with Gasteiger partial charge in [-0.1, -0.05) is 12.1 Å². The second kappa shape index (κ2) is 9.78. The number of nitrogens with one attached hydrogen (secondary N) is 1. The maximum atomic E-state index is 13.1. The summed E-state index contributed by atoms with van der Waals surface area (Å²) in [6, 6.07) is 9.75. The molecule has 1 aliphatic rings. The molecule has 4 rings (SSSR count). The molecular weight excluding hydrogens is 415 g/mol. The van der Waals surface area contributed by atoms with E-state index in [-0.39, 0.29) is 30.0 Å². The average molecular weight is 439 g/mol. The number of pyridine rings is 1. The van der Waals surface area contributed by atoms with Gasteiger partial charge in [0.2, 0.25) is 11.8 Å². The van der Waals surface area contributed by atoms with Crippen LogP contribution in [-0.2, 0) is 22.6 Å². The monoisotopic (exact) mass is 438 g/mol. The number of benzene rings is 1. The highest BCUT2D eigenvalue weighted by Crippen LogP contribution is 2.22. The zero-order valence-corrected chi connectivity index (χ0v) is 17.8. The van der Waals surface area contributed by atoms with E-state index in [0.717, 1.165) is 34.7 Å². The summed E-state index contributed by atoms with van der Waals surface area (Å²) in [6.07, 6.45) is 5.21. The van der Waals surface area contributed by atoms with Crippen LogP contribution >= 0.6 is 11.3 Å². The van der Waals surface area contributed by atoms with Gasteiger partial charge in [-0.15, -0.1) is 11.3 Å². The maximum Gasteiger partial charge on any atom is 0.227 e. The van der Waals surface area contributed by atoms with Gasteiger partial charge in [0.15, 0.2) is 0 Å². The lowest BCUT2D eigenvalue weighted by molar-refractivity contribution is -0.135. The van der Waals surface area contributed by atoms with Gasteiger partial charge < -0.3 is 10.2 Å². The van der Waals surface area contributed by atoms with Gasteiger partial charge in [-0.05, 0) is 42.7 Å². The molecule has 0 bridgehead atoms. The van der Waals surface area contributed by atoms with Crippen molar-refractivity contribution in [1.82, 2.24) is 20.2 Å². The molecule has 1 N–H and O–H groups in total. The number of thiazole rings is 1. The second-order valence-corrected chi connectivity index (χ2v) is 8.50. The molecule has 3 aromatic rings. The molecular formula is C23H23FN4O2S. The number of likely N-dealkylation sites (tertiary alicyclic amines) is 1. The predicted molar refractivity (Wildman–Crippen MR) is 117 cm³/mol. The Morgan fingerprint density at radius 3 is 2.71 bits per heavy atom. The fourth-order valence-corrected chi connectivity index (χ4v) is 4.40. The summed E-state index contributed by atoms with van der Waals surface area (Å²) in [5.41, 5.74) is 2.63. The van der Waals surface area contributed by atoms with Crippen LogP contribution in [-0.4, -0.2) is 39.8 Å². The molecule has 1 saturated heterocycles. The Hall–Kier alpha value is -3.13. The molecule has 160 valence electrons. The number of carbonyl (C=O) groups is 2. The third kappa shape index (κ3) is 5.52. The minimum absolute atomic E-state index is 0.0361. The Kier molecular flexibility index (Phi) is 6.66. The summed E-state index contributed by atoms with van der Waals surface area (Å²) >= 11 is 1.50. The van der Waals surface area contributed by atoms with Crippen molar-refractivity contribution < 1.29 is 14.0 Å². The fourth-order valence-electron chi connectivity index (χ4n) is 3.66. The maximum absolute atomic E-state index is 13.1. The van der Waals surface area contributed by atoms with Gasteiger partial charge in [0.05, 0.1) is 24.6 Å². The largest absolute Gasteiger partial charge is 0.349 e. The first-order chi connectivity index (χ1) is 15.1. The normalized spacial score (nSPS) is 16.2. The molecule has 0 aliphatic carbocycles. The van der Waals surface area contributed by atoms with Crippen LogP contribution in [0.3, 0.4) is 0 Å². The van der Waals surface area contributed by atoms with Crippen LogP contribution in [0.5, 0.6) is 0 Å². The minimum atomic E-state index is -0.320. The zero-order chi connectivity index (χ0) is 21.6. The van der Waals surface area contributed by atoms with Gasteiger partial charge in [-0.2, -0.15) is 0 Å². The van der Waals surface area contributed by atoms with E-state index in [1.165, 1.54) is 23.5 Å². The highest BCUT2D eigenvalue weighted by Gasteiger charge is 2.28. The molecule has 6 nitrogen and oxygen atoms in total. The number of amides is 2. The summed E-state index contributed by atoms with van der Waals surface area (Å²) in [6.45, 7) is 1.42. The topological polar surface area (TPSA) is 75.2 Å². The number of rotatable bonds is 6. The molecule has 31 heavy (non-hydrogen) atoms. The molecule has 1 fully saturated rings. The average Bonchev–Trinajstić information content (AvgIpc) is 3.29.